The van der Waals surface area contributed by atoms with Crippen LogP contribution in [0.3, 0.4) is 0 Å². The van der Waals surface area contributed by atoms with Crippen molar-refractivity contribution < 1.29 is 9.90 Å². The predicted molar refractivity (Wildman–Crippen MR) is 77.5 cm³/mol. The molecular weight excluding hydrogens is 306 g/mol. The second kappa shape index (κ2) is 4.63. The van der Waals surface area contributed by atoms with Crippen LogP contribution in [0, 0.1) is 5.41 Å². The molecule has 0 radical (unpaired) electrons. The van der Waals surface area contributed by atoms with E-state index in [0.29, 0.717) is 0 Å². The Morgan fingerprint density at radius 1 is 1.26 bits per heavy atom. The van der Waals surface area contributed by atoms with Gasteiger partial charge in [0.25, 0.3) is 5.56 Å². The van der Waals surface area contributed by atoms with Crippen LogP contribution in [0.2, 0.25) is 0 Å². The summed E-state index contributed by atoms with van der Waals surface area (Å²) in [5, 5.41) is 21.2. The first-order chi connectivity index (χ1) is 10.8. The third-order valence-electron chi connectivity index (χ3n) is 3.64. The summed E-state index contributed by atoms with van der Waals surface area (Å²) in [4.78, 5) is 39.8. The maximum Gasteiger partial charge on any atom is 0.360 e. The van der Waals surface area contributed by atoms with Crippen molar-refractivity contribution >= 4 is 22.9 Å². The number of carbonyl (C=O) groups is 1. The van der Waals surface area contributed by atoms with Crippen molar-refractivity contribution in [3.05, 3.63) is 32.0 Å². The number of imidazole rings is 1. The van der Waals surface area contributed by atoms with Crippen LogP contribution in [0.25, 0.3) is 16.9 Å². The first-order valence-corrected chi connectivity index (χ1v) is 6.66. The number of nitrogens with zero attached hydrogens (tertiary/aromatic N) is 6. The molecule has 11 heteroatoms. The van der Waals surface area contributed by atoms with Gasteiger partial charge in [0.05, 0.1) is 0 Å². The summed E-state index contributed by atoms with van der Waals surface area (Å²) in [5.41, 5.74) is -2.14. The second-order valence-corrected chi connectivity index (χ2v) is 4.94. The van der Waals surface area contributed by atoms with E-state index in [1.807, 2.05) is 0 Å². The fourth-order valence-electron chi connectivity index (χ4n) is 2.47. The van der Waals surface area contributed by atoms with E-state index in [9.17, 15) is 19.5 Å². The number of rotatable bonds is 2. The van der Waals surface area contributed by atoms with E-state index in [1.165, 1.54) is 18.8 Å². The van der Waals surface area contributed by atoms with E-state index < -0.39 is 28.4 Å². The molecule has 23 heavy (non-hydrogen) atoms. The van der Waals surface area contributed by atoms with Gasteiger partial charge in [0.1, 0.15) is 0 Å². The number of aromatic carboxylic acids is 1. The maximum atomic E-state index is 12.3. The highest BCUT2D eigenvalue weighted by Crippen LogP contribution is 2.09. The zero-order chi connectivity index (χ0) is 17.0. The van der Waals surface area contributed by atoms with Crippen LogP contribution in [-0.2, 0) is 20.6 Å². The van der Waals surface area contributed by atoms with E-state index in [-0.39, 0.29) is 23.5 Å². The average Bonchev–Trinajstić information content (AvgIpc) is 2.92. The van der Waals surface area contributed by atoms with E-state index >= 15 is 0 Å². The van der Waals surface area contributed by atoms with E-state index in [4.69, 9.17) is 5.41 Å². The van der Waals surface area contributed by atoms with Crippen molar-refractivity contribution in [1.29, 1.82) is 5.41 Å². The van der Waals surface area contributed by atoms with Crippen LogP contribution >= 0.6 is 0 Å². The van der Waals surface area contributed by atoms with Gasteiger partial charge in [0, 0.05) is 20.6 Å². The Kier molecular flexibility index (Phi) is 2.95. The van der Waals surface area contributed by atoms with Gasteiger partial charge >= 0.3 is 11.7 Å². The monoisotopic (exact) mass is 319 g/mol. The number of aromatic nitrogens is 6. The number of carboxylic acids is 1. The third-order valence-corrected chi connectivity index (χ3v) is 3.64. The van der Waals surface area contributed by atoms with Crippen molar-refractivity contribution in [3.8, 4) is 0 Å². The maximum absolute atomic E-state index is 12.3. The van der Waals surface area contributed by atoms with Gasteiger partial charge in [-0.05, 0) is 6.92 Å². The molecule has 3 rings (SSSR count). The molecular formula is C12H13N7O4. The molecule has 3 heterocycles. The smallest absolute Gasteiger partial charge is 0.360 e. The molecule has 0 aliphatic heterocycles. The van der Waals surface area contributed by atoms with Gasteiger partial charge in [-0.1, -0.05) is 0 Å². The standard InChI is InChI=1S/C12H13N7O4/c1-4-18-11-14-6-8(16(2)12(23)17(3)9(6)20)19(11)7(13)5(15-18)10(21)22/h13H,4H2,1-3H3,(H,21,22). The Morgan fingerprint density at radius 3 is 2.48 bits per heavy atom. The molecule has 0 aliphatic carbocycles. The third kappa shape index (κ3) is 1.76. The van der Waals surface area contributed by atoms with Gasteiger partial charge in [0.2, 0.25) is 11.5 Å². The van der Waals surface area contributed by atoms with Crippen molar-refractivity contribution in [2.24, 2.45) is 14.1 Å². The summed E-state index contributed by atoms with van der Waals surface area (Å²) in [6.45, 7) is 2.00. The lowest BCUT2D eigenvalue weighted by Gasteiger charge is -2.08. The molecule has 0 spiro atoms. The van der Waals surface area contributed by atoms with Gasteiger partial charge in [-0.2, -0.15) is 5.10 Å². The number of carboxylic acid groups (broad SMARTS) is 1. The van der Waals surface area contributed by atoms with Gasteiger partial charge < -0.3 is 5.11 Å². The van der Waals surface area contributed by atoms with Gasteiger partial charge in [-0.3, -0.25) is 19.3 Å². The molecule has 0 saturated heterocycles. The van der Waals surface area contributed by atoms with Crippen LogP contribution in [0.4, 0.5) is 0 Å². The molecule has 0 aliphatic rings. The Morgan fingerprint density at radius 2 is 1.91 bits per heavy atom. The molecule has 0 fully saturated rings. The van der Waals surface area contributed by atoms with Crippen LogP contribution in [0.5, 0.6) is 0 Å². The first kappa shape index (κ1) is 14.7. The largest absolute Gasteiger partial charge is 0.476 e. The van der Waals surface area contributed by atoms with E-state index in [0.717, 1.165) is 13.5 Å². The van der Waals surface area contributed by atoms with E-state index in [1.54, 1.807) is 6.92 Å². The first-order valence-electron chi connectivity index (χ1n) is 6.66. The lowest BCUT2D eigenvalue weighted by atomic mass is 10.4. The highest BCUT2D eigenvalue weighted by molar-refractivity contribution is 5.85. The Balaban J connectivity index is 2.77. The fraction of sp³-hybridized carbons (Fsp3) is 0.333. The number of aryl methyl sites for hydroxylation is 2. The zero-order valence-electron chi connectivity index (χ0n) is 12.6. The minimum Gasteiger partial charge on any atom is -0.476 e. The molecule has 3 aromatic heterocycles. The van der Waals surface area contributed by atoms with Crippen LogP contribution in [-0.4, -0.2) is 39.4 Å². The van der Waals surface area contributed by atoms with Crippen LogP contribution < -0.4 is 16.7 Å². The molecule has 120 valence electrons. The van der Waals surface area contributed by atoms with Gasteiger partial charge in [0.15, 0.2) is 16.7 Å². The molecule has 11 nitrogen and oxygen atoms in total. The quantitative estimate of drug-likeness (QED) is 0.575. The highest BCUT2D eigenvalue weighted by atomic mass is 16.4. The van der Waals surface area contributed by atoms with Crippen molar-refractivity contribution in [1.82, 2.24) is 28.3 Å². The van der Waals surface area contributed by atoms with Crippen LogP contribution in [0.15, 0.2) is 9.59 Å². The minimum absolute atomic E-state index is 0.0327. The van der Waals surface area contributed by atoms with Crippen LogP contribution in [0.1, 0.15) is 17.4 Å². The van der Waals surface area contributed by atoms with Gasteiger partial charge in [-0.15, -0.1) is 0 Å². The Hall–Kier alpha value is -3.24. The van der Waals surface area contributed by atoms with Crippen molar-refractivity contribution in [3.63, 3.8) is 0 Å². The van der Waals surface area contributed by atoms with E-state index in [2.05, 4.69) is 10.1 Å². The second-order valence-electron chi connectivity index (χ2n) is 4.94. The molecule has 0 aromatic carbocycles. The fourth-order valence-corrected chi connectivity index (χ4v) is 2.47. The normalized spacial score (nSPS) is 11.4. The summed E-state index contributed by atoms with van der Waals surface area (Å²) >= 11 is 0. The number of hydrogen-bond donors (Lipinski definition) is 2. The lowest BCUT2D eigenvalue weighted by Crippen LogP contribution is -2.38. The van der Waals surface area contributed by atoms with Crippen molar-refractivity contribution in [2.45, 2.75) is 13.5 Å². The summed E-state index contributed by atoms with van der Waals surface area (Å²) in [5.74, 6) is -1.26. The molecule has 0 bridgehead atoms. The molecule has 0 atom stereocenters. The molecule has 0 saturated carbocycles. The Labute approximate surface area is 127 Å². The SMILES string of the molecule is CCn1nc(C(=O)O)c(=N)n2c1nc1c(=O)n(C)c(=O)n(C)c12. The Bertz CT molecular complexity index is 1160. The zero-order valence-corrected chi connectivity index (χ0v) is 12.6. The lowest BCUT2D eigenvalue weighted by molar-refractivity contribution is 0.0684. The molecule has 0 amide bonds. The molecule has 0 unspecified atom stereocenters. The number of fused-ring (bicyclic) bond motifs is 3. The predicted octanol–water partition coefficient (Wildman–Crippen LogP) is -1.72. The average molecular weight is 319 g/mol. The number of hydrogen-bond acceptors (Lipinski definition) is 6. The summed E-state index contributed by atoms with van der Waals surface area (Å²) in [6.07, 6.45) is 0. The van der Waals surface area contributed by atoms with Gasteiger partial charge in [-0.25, -0.2) is 23.7 Å². The summed E-state index contributed by atoms with van der Waals surface area (Å²) in [6, 6.07) is 0. The topological polar surface area (TPSA) is 140 Å². The molecule has 3 aromatic rings. The summed E-state index contributed by atoms with van der Waals surface area (Å²) < 4.78 is 4.48. The summed E-state index contributed by atoms with van der Waals surface area (Å²) in [7, 11) is 2.75. The minimum atomic E-state index is -1.38. The van der Waals surface area contributed by atoms with Crippen molar-refractivity contribution in [2.75, 3.05) is 0 Å². The number of nitrogens with one attached hydrogen (secondary N) is 1. The molecule has 2 N–H and O–H groups in total. The highest BCUT2D eigenvalue weighted by Gasteiger charge is 2.21.